The minimum atomic E-state index is -3.27. The number of carboxylic acid groups (broad SMARTS) is 1. The molecule has 0 saturated carbocycles. The Morgan fingerprint density at radius 1 is 0.685 bits per heavy atom. The molecule has 7 aromatic carbocycles. The highest BCUT2D eigenvalue weighted by atomic mass is 28.4. The summed E-state index contributed by atoms with van der Waals surface area (Å²) in [6.07, 6.45) is -4.16. The van der Waals surface area contributed by atoms with Crippen LogP contribution in [-0.4, -0.2) is 106 Å². The number of nitrogens with one attached hydrogen (secondary N) is 2. The number of nitrogens with zero attached hydrogens (tertiary/aromatic N) is 2. The van der Waals surface area contributed by atoms with E-state index in [1.807, 2.05) is 115 Å². The summed E-state index contributed by atoms with van der Waals surface area (Å²) < 4.78 is 53.5. The molecule has 1 aliphatic heterocycles. The molecule has 1 aliphatic rings. The van der Waals surface area contributed by atoms with E-state index in [9.17, 15) is 24.3 Å². The summed E-state index contributed by atoms with van der Waals surface area (Å²) in [4.78, 5) is 72.4. The van der Waals surface area contributed by atoms with Gasteiger partial charge in [-0.25, -0.2) is 9.59 Å². The molecule has 2 amide bonds. The zero-order valence-corrected chi connectivity index (χ0v) is 51.9. The predicted octanol–water partition coefficient (Wildman–Crippen LogP) is 9.54. The molecule has 3 N–H and O–H groups in total. The molecule has 4 atom stereocenters. The molecule has 89 heavy (non-hydrogen) atoms. The molecule has 1 aromatic heterocycles. The van der Waals surface area contributed by atoms with Crippen molar-refractivity contribution in [2.45, 2.75) is 88.9 Å². The van der Waals surface area contributed by atoms with Crippen LogP contribution in [0.15, 0.2) is 199 Å². The summed E-state index contributed by atoms with van der Waals surface area (Å²) in [6, 6.07) is 58.4. The van der Waals surface area contributed by atoms with E-state index in [2.05, 4.69) is 60.7 Å². The molecule has 0 radical (unpaired) electrons. The Bertz CT molecular complexity index is 3650. The zero-order chi connectivity index (χ0) is 63.1. The molecule has 0 aliphatic carbocycles. The van der Waals surface area contributed by atoms with Crippen LogP contribution in [0.25, 0.3) is 0 Å². The maximum atomic E-state index is 15.7. The maximum absolute atomic E-state index is 15.7. The lowest BCUT2D eigenvalue weighted by atomic mass is 9.80. The summed E-state index contributed by atoms with van der Waals surface area (Å²) in [7, 11) is 1.42. The number of esters is 1. The maximum Gasteiger partial charge on any atom is 0.351 e. The molecule has 0 spiro atoms. The Morgan fingerprint density at radius 3 is 1.80 bits per heavy atom. The van der Waals surface area contributed by atoms with Crippen LogP contribution in [0.4, 0.5) is 5.82 Å². The Hall–Kier alpha value is -9.08. The number of ether oxygens (including phenoxy) is 7. The molecular weight excluding hydrogens is 1150 g/mol. The Kier molecular flexibility index (Phi) is 21.2. The minimum Gasteiger partial charge on any atom is -0.497 e. The largest absolute Gasteiger partial charge is 0.497 e. The first-order valence-corrected chi connectivity index (χ1v) is 31.2. The topological polar surface area (TPSA) is 221 Å². The van der Waals surface area contributed by atoms with E-state index in [1.54, 1.807) is 69.7 Å². The lowest BCUT2D eigenvalue weighted by Gasteiger charge is -2.43. The molecule has 18 nitrogen and oxygen atoms in total. The number of benzene rings is 7. The Labute approximate surface area is 518 Å². The van der Waals surface area contributed by atoms with Gasteiger partial charge in [-0.3, -0.25) is 19.0 Å². The van der Waals surface area contributed by atoms with E-state index in [4.69, 9.17) is 37.6 Å². The number of hydrogen-bond donors (Lipinski definition) is 3. The number of hydrogen-bond acceptors (Lipinski definition) is 14. The van der Waals surface area contributed by atoms with Crippen molar-refractivity contribution in [3.63, 3.8) is 0 Å². The summed E-state index contributed by atoms with van der Waals surface area (Å²) in [5, 5.41) is 16.4. The standard InChI is InChI=1S/C70H74N4O14Si/c1-47-44-74(68(80)73-64(47)72-65(78)49-20-12-8-13-21-49)66-63(84-41-40-81-5)62(59(87-66)46-85-70(51-22-14-9-15-23-51,52-29-33-54(82-6)34-30-52)53-31-35-55(83-7)36-32-53)88-67(79)58-37-28-48(43-71-60(75)38-39-61(76)77)42-50(58)45-86-89(69(2,3)4,56-24-16-10-17-25-56)57-26-18-11-19-27-57/h8-37,42,44,59,62-63,66H,38-41,43,45-46H2,1-7H3,(H,71,75)(H,76,77)(H,72,73,78,80)/t59-,62+,63+,66-/m1/s1. The van der Waals surface area contributed by atoms with Crippen LogP contribution in [0.3, 0.4) is 0 Å². The average molecular weight is 1220 g/mol. The van der Waals surface area contributed by atoms with E-state index >= 15 is 4.79 Å². The zero-order valence-electron chi connectivity index (χ0n) is 50.9. The third-order valence-corrected chi connectivity index (χ3v) is 20.7. The van der Waals surface area contributed by atoms with Crippen LogP contribution < -0.4 is 36.2 Å². The average Bonchev–Trinajstić information content (AvgIpc) is 1.22. The second-order valence-corrected chi connectivity index (χ2v) is 26.8. The van der Waals surface area contributed by atoms with Crippen LogP contribution in [-0.2, 0) is 56.5 Å². The van der Waals surface area contributed by atoms with Gasteiger partial charge in [0, 0.05) is 37.4 Å². The molecular formula is C70H74N4O14Si. The molecule has 2 heterocycles. The number of carbonyl (C=O) groups excluding carboxylic acids is 3. The van der Waals surface area contributed by atoms with Crippen LogP contribution >= 0.6 is 0 Å². The Balaban J connectivity index is 1.17. The number of amides is 2. The van der Waals surface area contributed by atoms with E-state index in [-0.39, 0.29) is 57.2 Å². The minimum absolute atomic E-state index is 0.00937. The summed E-state index contributed by atoms with van der Waals surface area (Å²) in [5.74, 6) is -1.59. The van der Waals surface area contributed by atoms with Gasteiger partial charge in [-0.1, -0.05) is 166 Å². The van der Waals surface area contributed by atoms with Crippen molar-refractivity contribution in [2.75, 3.05) is 46.5 Å². The quantitative estimate of drug-likeness (QED) is 0.0189. The lowest BCUT2D eigenvalue weighted by Crippen LogP contribution is -2.66. The van der Waals surface area contributed by atoms with Gasteiger partial charge < -0.3 is 53.3 Å². The summed E-state index contributed by atoms with van der Waals surface area (Å²) in [6.45, 7) is 7.82. The second kappa shape index (κ2) is 29.3. The van der Waals surface area contributed by atoms with Crippen molar-refractivity contribution < 1.29 is 61.9 Å². The van der Waals surface area contributed by atoms with Crippen LogP contribution in [0, 0.1) is 6.92 Å². The summed E-state index contributed by atoms with van der Waals surface area (Å²) in [5.41, 5.74) is 1.86. The number of aryl methyl sites for hydroxylation is 1. The number of carboxylic acids is 1. The monoisotopic (exact) mass is 1220 g/mol. The van der Waals surface area contributed by atoms with E-state index in [1.165, 1.54) is 17.9 Å². The molecule has 462 valence electrons. The SMILES string of the molecule is COCCO[C@H]1[C@@H](OC(=O)c2ccc(CNC(=O)CCC(=O)O)cc2CO[Si](c2ccccc2)(c2ccccc2)C(C)(C)C)[C@@H](COC(c2ccccc2)(c2ccc(OC)cc2)c2ccc(OC)cc2)O[C@H]1n1cc(C)c(NC(=O)c2ccccc2)nc1=O. The first-order chi connectivity index (χ1) is 43.0. The van der Waals surface area contributed by atoms with Gasteiger partial charge >= 0.3 is 17.6 Å². The molecule has 8 aromatic rings. The van der Waals surface area contributed by atoms with E-state index in [0.29, 0.717) is 44.9 Å². The number of aromatic nitrogens is 2. The molecule has 0 bridgehead atoms. The fourth-order valence-electron chi connectivity index (χ4n) is 11.3. The van der Waals surface area contributed by atoms with Gasteiger partial charge in [0.25, 0.3) is 14.2 Å². The predicted molar refractivity (Wildman–Crippen MR) is 338 cm³/mol. The molecule has 19 heteroatoms. The van der Waals surface area contributed by atoms with Crippen molar-refractivity contribution >= 4 is 48.3 Å². The molecule has 1 fully saturated rings. The third-order valence-electron chi connectivity index (χ3n) is 15.7. The first kappa shape index (κ1) is 64.4. The number of rotatable bonds is 27. The highest BCUT2D eigenvalue weighted by molar-refractivity contribution is 6.99. The highest BCUT2D eigenvalue weighted by Gasteiger charge is 2.53. The molecule has 9 rings (SSSR count). The van der Waals surface area contributed by atoms with Gasteiger partial charge in [0.2, 0.25) is 5.91 Å². The number of carbonyl (C=O) groups is 4. The third kappa shape index (κ3) is 14.7. The van der Waals surface area contributed by atoms with Crippen LogP contribution in [0.1, 0.15) is 93.9 Å². The van der Waals surface area contributed by atoms with Crippen molar-refractivity contribution in [1.29, 1.82) is 0 Å². The first-order valence-electron chi connectivity index (χ1n) is 29.3. The van der Waals surface area contributed by atoms with Gasteiger partial charge in [0.05, 0.1) is 52.6 Å². The molecule has 1 saturated heterocycles. The van der Waals surface area contributed by atoms with Crippen molar-refractivity contribution in [1.82, 2.24) is 14.9 Å². The van der Waals surface area contributed by atoms with Crippen LogP contribution in [0.5, 0.6) is 11.5 Å². The van der Waals surface area contributed by atoms with E-state index < -0.39 is 72.9 Å². The van der Waals surface area contributed by atoms with Gasteiger partial charge in [-0.2, -0.15) is 4.98 Å². The molecule has 0 unspecified atom stereocenters. The number of anilines is 1. The second-order valence-electron chi connectivity index (χ2n) is 22.5. The van der Waals surface area contributed by atoms with Gasteiger partial charge in [-0.15, -0.1) is 0 Å². The fraction of sp³-hybridized carbons (Fsp3) is 0.286. The van der Waals surface area contributed by atoms with Gasteiger partial charge in [0.15, 0.2) is 12.3 Å². The van der Waals surface area contributed by atoms with Crippen molar-refractivity contribution in [2.24, 2.45) is 0 Å². The smallest absolute Gasteiger partial charge is 0.351 e. The van der Waals surface area contributed by atoms with Gasteiger partial charge in [-0.05, 0) is 92.6 Å². The highest BCUT2D eigenvalue weighted by Crippen LogP contribution is 2.44. The fourth-order valence-corrected chi connectivity index (χ4v) is 15.8. The summed E-state index contributed by atoms with van der Waals surface area (Å²) >= 11 is 0. The lowest BCUT2D eigenvalue weighted by molar-refractivity contribution is -0.138. The Morgan fingerprint density at radius 2 is 1.25 bits per heavy atom. The van der Waals surface area contributed by atoms with Crippen molar-refractivity contribution in [3.8, 4) is 11.5 Å². The van der Waals surface area contributed by atoms with Crippen LogP contribution in [0.2, 0.25) is 5.04 Å². The normalized spacial score (nSPS) is 15.9. The number of methoxy groups -OCH3 is 3. The van der Waals surface area contributed by atoms with Crippen molar-refractivity contribution in [3.05, 3.63) is 249 Å². The van der Waals surface area contributed by atoms with E-state index in [0.717, 1.165) is 15.9 Å². The van der Waals surface area contributed by atoms with Gasteiger partial charge in [0.1, 0.15) is 35.1 Å². The number of aliphatic carboxylic acids is 1.